The van der Waals surface area contributed by atoms with Crippen LogP contribution in [-0.4, -0.2) is 47.8 Å². The number of carbonyl (C=O) groups excluding carboxylic acids is 1. The lowest BCUT2D eigenvalue weighted by molar-refractivity contribution is -0.185. The highest BCUT2D eigenvalue weighted by Crippen LogP contribution is 2.42. The summed E-state index contributed by atoms with van der Waals surface area (Å²) in [4.78, 5) is 23.7. The number of carboxylic acids is 1. The second-order valence-electron chi connectivity index (χ2n) is 7.72. The number of rotatable bonds is 11. The molecule has 1 heterocycles. The highest BCUT2D eigenvalue weighted by Gasteiger charge is 2.51. The molecule has 7 heteroatoms. The maximum atomic E-state index is 12.2. The molecule has 2 rings (SSSR count). The van der Waals surface area contributed by atoms with Crippen LogP contribution < -0.4 is 5.32 Å². The van der Waals surface area contributed by atoms with Crippen molar-refractivity contribution in [3.63, 3.8) is 0 Å². The lowest BCUT2D eigenvalue weighted by Crippen LogP contribution is -2.50. The van der Waals surface area contributed by atoms with Crippen LogP contribution in [0.4, 0.5) is 4.79 Å². The first kappa shape index (κ1) is 22.7. The van der Waals surface area contributed by atoms with Gasteiger partial charge >= 0.3 is 12.1 Å². The number of carbonyl (C=O) groups is 2. The van der Waals surface area contributed by atoms with Crippen LogP contribution >= 0.6 is 0 Å². The first-order valence-corrected chi connectivity index (χ1v) is 10.7. The number of alkyl carbamates (subject to hydrolysis) is 1. The zero-order valence-corrected chi connectivity index (χ0v) is 17.4. The van der Waals surface area contributed by atoms with Crippen molar-refractivity contribution in [1.82, 2.24) is 5.32 Å². The van der Waals surface area contributed by atoms with Gasteiger partial charge in [-0.25, -0.2) is 9.59 Å². The molecule has 0 saturated carbocycles. The van der Waals surface area contributed by atoms with Crippen molar-refractivity contribution in [3.8, 4) is 0 Å². The zero-order chi connectivity index (χ0) is 20.6. The Morgan fingerprint density at radius 1 is 1.14 bits per heavy atom. The van der Waals surface area contributed by atoms with Crippen molar-refractivity contribution in [3.05, 3.63) is 11.6 Å². The Bertz CT molecular complexity index is 553. The van der Waals surface area contributed by atoms with E-state index < -0.39 is 36.1 Å². The molecule has 3 unspecified atom stereocenters. The average Bonchev–Trinajstić information content (AvgIpc) is 3.04. The molecule has 1 amide bonds. The lowest BCUT2D eigenvalue weighted by Gasteiger charge is -2.31. The Morgan fingerprint density at radius 3 is 2.36 bits per heavy atom. The van der Waals surface area contributed by atoms with Crippen LogP contribution in [0.5, 0.6) is 0 Å². The fourth-order valence-corrected chi connectivity index (χ4v) is 3.76. The molecule has 2 aliphatic rings. The summed E-state index contributed by atoms with van der Waals surface area (Å²) in [5.41, 5.74) is 0.241. The largest absolute Gasteiger partial charge is 0.478 e. The van der Waals surface area contributed by atoms with E-state index in [0.29, 0.717) is 6.61 Å². The monoisotopic (exact) mass is 397 g/mol. The molecule has 0 aromatic rings. The molecule has 1 aliphatic carbocycles. The van der Waals surface area contributed by atoms with Gasteiger partial charge in [-0.2, -0.15) is 0 Å². The number of fused-ring (bicyclic) bond motifs is 1. The van der Waals surface area contributed by atoms with Crippen molar-refractivity contribution < 1.29 is 28.9 Å². The topological polar surface area (TPSA) is 94.1 Å². The average molecular weight is 398 g/mol. The molecule has 0 aromatic heterocycles. The van der Waals surface area contributed by atoms with Crippen LogP contribution in [0.2, 0.25) is 0 Å². The first-order chi connectivity index (χ1) is 13.4. The Kier molecular flexibility index (Phi) is 8.76. The fourth-order valence-electron chi connectivity index (χ4n) is 3.76. The van der Waals surface area contributed by atoms with Crippen molar-refractivity contribution in [2.45, 2.75) is 103 Å². The van der Waals surface area contributed by atoms with E-state index in [4.69, 9.17) is 14.2 Å². The van der Waals surface area contributed by atoms with E-state index in [1.165, 1.54) is 0 Å². The summed E-state index contributed by atoms with van der Waals surface area (Å²) in [5, 5.41) is 12.3. The molecule has 1 saturated heterocycles. The van der Waals surface area contributed by atoms with E-state index in [9.17, 15) is 14.7 Å². The molecular formula is C21H35NO6. The minimum atomic E-state index is -0.993. The standard InChI is InChI=1S/C21H35NO6/c1-4-7-10-21(11-8-5-2)27-17-14-15(19(23)24)13-16(18(17)28-21)22-20(25)26-12-9-6-3/h14,16-18H,4-13H2,1-3H3,(H,22,25)(H,23,24). The third kappa shape index (κ3) is 5.95. The van der Waals surface area contributed by atoms with Gasteiger partial charge in [0.1, 0.15) is 12.2 Å². The number of hydrogen-bond donors (Lipinski definition) is 2. The van der Waals surface area contributed by atoms with Crippen LogP contribution in [-0.2, 0) is 19.0 Å². The number of unbranched alkanes of at least 4 members (excludes halogenated alkanes) is 3. The molecule has 0 spiro atoms. The normalized spacial score (nSPS) is 25.7. The van der Waals surface area contributed by atoms with Gasteiger partial charge in [0, 0.05) is 24.8 Å². The number of aliphatic carboxylic acids is 1. The van der Waals surface area contributed by atoms with Gasteiger partial charge in [-0.05, 0) is 25.3 Å². The third-order valence-electron chi connectivity index (χ3n) is 5.36. The van der Waals surface area contributed by atoms with Crippen molar-refractivity contribution in [1.29, 1.82) is 0 Å². The van der Waals surface area contributed by atoms with Crippen molar-refractivity contribution in [2.24, 2.45) is 0 Å². The number of nitrogens with one attached hydrogen (secondary N) is 1. The summed E-state index contributed by atoms with van der Waals surface area (Å²) in [6.07, 6.45) is 7.66. The molecule has 1 aliphatic heterocycles. The van der Waals surface area contributed by atoms with Gasteiger partial charge in [-0.1, -0.05) is 40.0 Å². The van der Waals surface area contributed by atoms with Crippen LogP contribution in [0.15, 0.2) is 11.6 Å². The Morgan fingerprint density at radius 2 is 1.79 bits per heavy atom. The van der Waals surface area contributed by atoms with E-state index in [-0.39, 0.29) is 12.0 Å². The second-order valence-corrected chi connectivity index (χ2v) is 7.72. The molecule has 160 valence electrons. The van der Waals surface area contributed by atoms with Gasteiger partial charge in [0.15, 0.2) is 5.79 Å². The Labute approximate surface area is 167 Å². The fraction of sp³-hybridized carbons (Fsp3) is 0.810. The predicted octanol–water partition coefficient (Wildman–Crippen LogP) is 4.16. The molecule has 0 radical (unpaired) electrons. The van der Waals surface area contributed by atoms with Crippen molar-refractivity contribution >= 4 is 12.1 Å². The quantitative estimate of drug-likeness (QED) is 0.509. The highest BCUT2D eigenvalue weighted by molar-refractivity contribution is 5.87. The summed E-state index contributed by atoms with van der Waals surface area (Å²) in [7, 11) is 0. The summed E-state index contributed by atoms with van der Waals surface area (Å²) in [5.74, 6) is -1.70. The van der Waals surface area contributed by atoms with Gasteiger partial charge in [-0.3, -0.25) is 0 Å². The number of carboxylic acid groups (broad SMARTS) is 1. The molecular weight excluding hydrogens is 362 g/mol. The van der Waals surface area contributed by atoms with Gasteiger partial charge in [-0.15, -0.1) is 0 Å². The van der Waals surface area contributed by atoms with Gasteiger partial charge < -0.3 is 24.6 Å². The zero-order valence-electron chi connectivity index (χ0n) is 17.4. The van der Waals surface area contributed by atoms with Crippen LogP contribution in [0.25, 0.3) is 0 Å². The van der Waals surface area contributed by atoms with Crippen LogP contribution in [0, 0.1) is 0 Å². The van der Waals surface area contributed by atoms with Gasteiger partial charge in [0.05, 0.1) is 12.6 Å². The lowest BCUT2D eigenvalue weighted by atomic mass is 9.90. The predicted molar refractivity (Wildman–Crippen MR) is 105 cm³/mol. The van der Waals surface area contributed by atoms with E-state index in [1.54, 1.807) is 6.08 Å². The van der Waals surface area contributed by atoms with E-state index in [0.717, 1.165) is 51.4 Å². The highest BCUT2D eigenvalue weighted by atomic mass is 16.8. The van der Waals surface area contributed by atoms with Crippen LogP contribution in [0.1, 0.15) is 78.6 Å². The van der Waals surface area contributed by atoms with Gasteiger partial charge in [0.25, 0.3) is 0 Å². The maximum Gasteiger partial charge on any atom is 0.407 e. The number of hydrogen-bond acceptors (Lipinski definition) is 5. The molecule has 0 aromatic carbocycles. The Balaban J connectivity index is 2.15. The molecule has 1 fully saturated rings. The van der Waals surface area contributed by atoms with Gasteiger partial charge in [0.2, 0.25) is 0 Å². The second kappa shape index (κ2) is 10.8. The SMILES string of the molecule is CCCCOC(=O)NC1CC(C(=O)O)=CC2OC(CCCC)(CCCC)OC12. The van der Waals surface area contributed by atoms with E-state index in [2.05, 4.69) is 19.2 Å². The summed E-state index contributed by atoms with van der Waals surface area (Å²) < 4.78 is 17.9. The summed E-state index contributed by atoms with van der Waals surface area (Å²) >= 11 is 0. The molecule has 2 N–H and O–H groups in total. The maximum absolute atomic E-state index is 12.2. The molecule has 3 atom stereocenters. The molecule has 28 heavy (non-hydrogen) atoms. The Hall–Kier alpha value is -1.60. The number of ether oxygens (including phenoxy) is 3. The minimum absolute atomic E-state index is 0.195. The molecule has 7 nitrogen and oxygen atoms in total. The van der Waals surface area contributed by atoms with Crippen molar-refractivity contribution in [2.75, 3.05) is 6.61 Å². The minimum Gasteiger partial charge on any atom is -0.478 e. The summed E-state index contributed by atoms with van der Waals surface area (Å²) in [6.45, 7) is 6.61. The smallest absolute Gasteiger partial charge is 0.407 e. The summed E-state index contributed by atoms with van der Waals surface area (Å²) in [6, 6.07) is -0.486. The number of amides is 1. The van der Waals surface area contributed by atoms with E-state index in [1.807, 2.05) is 6.92 Å². The van der Waals surface area contributed by atoms with E-state index >= 15 is 0 Å². The molecule has 0 bridgehead atoms. The third-order valence-corrected chi connectivity index (χ3v) is 5.36. The first-order valence-electron chi connectivity index (χ1n) is 10.7. The van der Waals surface area contributed by atoms with Crippen LogP contribution in [0.3, 0.4) is 0 Å².